The number of halogens is 2. The molecular weight excluding hydrogens is 418 g/mol. The van der Waals surface area contributed by atoms with Crippen LogP contribution in [0.5, 0.6) is 5.75 Å². The Labute approximate surface area is 151 Å². The van der Waals surface area contributed by atoms with Gasteiger partial charge in [-0.05, 0) is 39.7 Å². The molecule has 0 saturated heterocycles. The van der Waals surface area contributed by atoms with E-state index in [0.29, 0.717) is 10.0 Å². The quantitative estimate of drug-likeness (QED) is 0.483. The van der Waals surface area contributed by atoms with Gasteiger partial charge in [-0.25, -0.2) is 0 Å². The van der Waals surface area contributed by atoms with Gasteiger partial charge in [-0.2, -0.15) is 0 Å². The number of phenols is 1. The number of benzene rings is 3. The molecule has 0 bridgehead atoms. The Hall–Kier alpha value is -1.91. The number of hydrogen-bond acceptors (Lipinski definition) is 2. The number of aliphatic imine (C=N–C) groups is 1. The first kappa shape index (κ1) is 16.0. The number of nitrogens with zero attached hydrogens (tertiary/aromatic N) is 1. The molecule has 0 saturated carbocycles. The lowest BCUT2D eigenvalue weighted by Crippen LogP contribution is -1.85. The summed E-state index contributed by atoms with van der Waals surface area (Å²) in [5.74, 6) is 0.175. The summed E-state index contributed by atoms with van der Waals surface area (Å²) in [6.45, 7) is 0. The molecular formula is C19H13Br2NO. The Balaban J connectivity index is 2.02. The molecule has 0 unspecified atom stereocenters. The van der Waals surface area contributed by atoms with E-state index in [4.69, 9.17) is 0 Å². The molecule has 0 aliphatic carbocycles. The molecule has 0 radical (unpaired) electrons. The van der Waals surface area contributed by atoms with E-state index in [1.165, 1.54) is 0 Å². The van der Waals surface area contributed by atoms with Crippen molar-refractivity contribution < 1.29 is 5.11 Å². The minimum absolute atomic E-state index is 0.175. The van der Waals surface area contributed by atoms with E-state index in [2.05, 4.69) is 49.0 Å². The fourth-order valence-electron chi connectivity index (χ4n) is 2.27. The second-order valence-electron chi connectivity index (χ2n) is 4.97. The average Bonchev–Trinajstić information content (AvgIpc) is 2.58. The lowest BCUT2D eigenvalue weighted by molar-refractivity contribution is 0.471. The first-order valence-electron chi connectivity index (χ1n) is 7.01. The van der Waals surface area contributed by atoms with E-state index in [1.54, 1.807) is 12.3 Å². The van der Waals surface area contributed by atoms with Crippen molar-refractivity contribution in [2.24, 2.45) is 4.99 Å². The van der Waals surface area contributed by atoms with E-state index in [0.717, 1.165) is 21.3 Å². The minimum Gasteiger partial charge on any atom is -0.506 e. The molecule has 0 heterocycles. The number of aromatic hydroxyl groups is 1. The molecule has 23 heavy (non-hydrogen) atoms. The maximum atomic E-state index is 10.1. The first-order valence-corrected chi connectivity index (χ1v) is 8.60. The summed E-state index contributed by atoms with van der Waals surface area (Å²) in [4.78, 5) is 4.57. The lowest BCUT2D eigenvalue weighted by Gasteiger charge is -2.06. The molecule has 0 spiro atoms. The van der Waals surface area contributed by atoms with Crippen LogP contribution in [0.15, 0.2) is 80.7 Å². The van der Waals surface area contributed by atoms with Crippen LogP contribution in [0.25, 0.3) is 11.1 Å². The second kappa shape index (κ2) is 7.11. The van der Waals surface area contributed by atoms with Crippen LogP contribution in [0.4, 0.5) is 5.69 Å². The molecule has 3 aromatic rings. The number of para-hydroxylation sites is 1. The third-order valence-corrected chi connectivity index (χ3v) is 4.45. The van der Waals surface area contributed by atoms with Gasteiger partial charge in [0.2, 0.25) is 0 Å². The van der Waals surface area contributed by atoms with E-state index in [1.807, 2.05) is 48.5 Å². The highest BCUT2D eigenvalue weighted by Gasteiger charge is 2.06. The number of hydrogen-bond donors (Lipinski definition) is 1. The standard InChI is InChI=1S/C19H13Br2NO/c20-15-10-14(19(23)17(21)11-15)12-22-18-9-5-4-8-16(18)13-6-2-1-3-7-13/h1-12,23H. The Bertz CT molecular complexity index is 860. The van der Waals surface area contributed by atoms with Crippen LogP contribution in [0.1, 0.15) is 5.56 Å². The smallest absolute Gasteiger partial charge is 0.138 e. The lowest BCUT2D eigenvalue weighted by atomic mass is 10.0. The molecule has 2 nitrogen and oxygen atoms in total. The maximum Gasteiger partial charge on any atom is 0.138 e. The Morgan fingerprint density at radius 3 is 2.35 bits per heavy atom. The van der Waals surface area contributed by atoms with Crippen LogP contribution in [0.2, 0.25) is 0 Å². The van der Waals surface area contributed by atoms with Gasteiger partial charge in [0.1, 0.15) is 5.75 Å². The molecule has 114 valence electrons. The summed E-state index contributed by atoms with van der Waals surface area (Å²) in [5.41, 5.74) is 3.67. The van der Waals surface area contributed by atoms with Crippen molar-refractivity contribution in [2.45, 2.75) is 0 Å². The Morgan fingerprint density at radius 2 is 1.57 bits per heavy atom. The van der Waals surface area contributed by atoms with Gasteiger partial charge in [-0.3, -0.25) is 4.99 Å². The highest BCUT2D eigenvalue weighted by molar-refractivity contribution is 9.11. The monoisotopic (exact) mass is 429 g/mol. The molecule has 3 aromatic carbocycles. The van der Waals surface area contributed by atoms with Gasteiger partial charge in [-0.1, -0.05) is 64.5 Å². The molecule has 1 N–H and O–H groups in total. The Morgan fingerprint density at radius 1 is 0.870 bits per heavy atom. The van der Waals surface area contributed by atoms with Gasteiger partial charge in [0, 0.05) is 21.8 Å². The molecule has 3 rings (SSSR count). The molecule has 4 heteroatoms. The fourth-order valence-corrected chi connectivity index (χ4v) is 3.53. The second-order valence-corrected chi connectivity index (χ2v) is 6.74. The van der Waals surface area contributed by atoms with Gasteiger partial charge in [-0.15, -0.1) is 0 Å². The van der Waals surface area contributed by atoms with Gasteiger partial charge in [0.15, 0.2) is 0 Å². The Kier molecular flexibility index (Phi) is 4.94. The van der Waals surface area contributed by atoms with Crippen molar-refractivity contribution in [3.05, 3.63) is 81.2 Å². The maximum absolute atomic E-state index is 10.1. The molecule has 0 aromatic heterocycles. The average molecular weight is 431 g/mol. The van der Waals surface area contributed by atoms with Crippen molar-refractivity contribution in [1.29, 1.82) is 0 Å². The molecule has 0 amide bonds. The first-order chi connectivity index (χ1) is 11.1. The zero-order valence-corrected chi connectivity index (χ0v) is 15.3. The van der Waals surface area contributed by atoms with Crippen LogP contribution in [0.3, 0.4) is 0 Å². The van der Waals surface area contributed by atoms with E-state index < -0.39 is 0 Å². The normalized spacial score (nSPS) is 11.0. The highest BCUT2D eigenvalue weighted by Crippen LogP contribution is 2.33. The van der Waals surface area contributed by atoms with Crippen LogP contribution in [-0.2, 0) is 0 Å². The van der Waals surface area contributed by atoms with Gasteiger partial charge >= 0.3 is 0 Å². The molecule has 0 aliphatic heterocycles. The van der Waals surface area contributed by atoms with Crippen LogP contribution < -0.4 is 0 Å². The summed E-state index contributed by atoms with van der Waals surface area (Å²) >= 11 is 6.75. The SMILES string of the molecule is Oc1c(Br)cc(Br)cc1C=Nc1ccccc1-c1ccccc1. The largest absolute Gasteiger partial charge is 0.506 e. The van der Waals surface area contributed by atoms with Crippen molar-refractivity contribution >= 4 is 43.8 Å². The van der Waals surface area contributed by atoms with Crippen LogP contribution >= 0.6 is 31.9 Å². The van der Waals surface area contributed by atoms with Crippen molar-refractivity contribution in [3.8, 4) is 16.9 Å². The minimum atomic E-state index is 0.175. The summed E-state index contributed by atoms with van der Waals surface area (Å²) in [6.07, 6.45) is 1.67. The summed E-state index contributed by atoms with van der Waals surface area (Å²) in [7, 11) is 0. The zero-order valence-electron chi connectivity index (χ0n) is 12.1. The van der Waals surface area contributed by atoms with Gasteiger partial charge in [0.05, 0.1) is 10.2 Å². The predicted octanol–water partition coefficient (Wildman–Crippen LogP) is 6.33. The zero-order chi connectivity index (χ0) is 16.2. The molecule has 0 atom stereocenters. The number of phenolic OH excluding ortho intramolecular Hbond substituents is 1. The summed E-state index contributed by atoms with van der Waals surface area (Å²) in [6, 6.07) is 21.7. The molecule has 0 aliphatic rings. The summed E-state index contributed by atoms with van der Waals surface area (Å²) in [5, 5.41) is 10.1. The number of rotatable bonds is 3. The van der Waals surface area contributed by atoms with Crippen LogP contribution in [-0.4, -0.2) is 11.3 Å². The van der Waals surface area contributed by atoms with Crippen molar-refractivity contribution in [1.82, 2.24) is 0 Å². The third-order valence-electron chi connectivity index (χ3n) is 3.39. The molecule has 0 fully saturated rings. The fraction of sp³-hybridized carbons (Fsp3) is 0. The van der Waals surface area contributed by atoms with Crippen LogP contribution in [0, 0.1) is 0 Å². The highest BCUT2D eigenvalue weighted by atomic mass is 79.9. The third kappa shape index (κ3) is 3.71. The van der Waals surface area contributed by atoms with E-state index in [9.17, 15) is 5.11 Å². The van der Waals surface area contributed by atoms with Crippen molar-refractivity contribution in [2.75, 3.05) is 0 Å². The topological polar surface area (TPSA) is 32.6 Å². The van der Waals surface area contributed by atoms with Gasteiger partial charge < -0.3 is 5.11 Å². The van der Waals surface area contributed by atoms with E-state index >= 15 is 0 Å². The predicted molar refractivity (Wildman–Crippen MR) is 103 cm³/mol. The summed E-state index contributed by atoms with van der Waals surface area (Å²) < 4.78 is 1.50. The van der Waals surface area contributed by atoms with Crippen molar-refractivity contribution in [3.63, 3.8) is 0 Å². The van der Waals surface area contributed by atoms with E-state index in [-0.39, 0.29) is 5.75 Å². The van der Waals surface area contributed by atoms with Gasteiger partial charge in [0.25, 0.3) is 0 Å².